The monoisotopic (exact) mass is 282 g/mol. The molecule has 5 nitrogen and oxygen atoms in total. The summed E-state index contributed by atoms with van der Waals surface area (Å²) in [6.45, 7) is 2.30. The number of carbonyl (C=O) groups is 1. The largest absolute Gasteiger partial charge is 0.396 e. The van der Waals surface area contributed by atoms with Crippen molar-refractivity contribution in [3.05, 3.63) is 29.0 Å². The number of nitrogens with zero attached hydrogens (tertiary/aromatic N) is 2. The Balaban J connectivity index is 1.82. The van der Waals surface area contributed by atoms with Gasteiger partial charge in [-0.2, -0.15) is 0 Å². The first-order valence-electron chi connectivity index (χ1n) is 6.24. The van der Waals surface area contributed by atoms with Crippen molar-refractivity contribution >= 4 is 17.5 Å². The van der Waals surface area contributed by atoms with Crippen LogP contribution >= 0.6 is 11.6 Å². The molecule has 2 aliphatic heterocycles. The third-order valence-electron chi connectivity index (χ3n) is 4.13. The molecule has 1 amide bonds. The summed E-state index contributed by atoms with van der Waals surface area (Å²) < 4.78 is 5.43. The first-order valence-corrected chi connectivity index (χ1v) is 6.61. The molecule has 0 aromatic carbocycles. The van der Waals surface area contributed by atoms with Gasteiger partial charge in [-0.1, -0.05) is 11.6 Å². The third-order valence-corrected chi connectivity index (χ3v) is 4.43. The Morgan fingerprint density at radius 3 is 3.21 bits per heavy atom. The minimum Gasteiger partial charge on any atom is -0.396 e. The fourth-order valence-corrected chi connectivity index (χ4v) is 3.13. The lowest BCUT2D eigenvalue weighted by Gasteiger charge is -2.24. The van der Waals surface area contributed by atoms with Crippen molar-refractivity contribution in [2.45, 2.75) is 0 Å². The van der Waals surface area contributed by atoms with Crippen LogP contribution in [-0.2, 0) is 4.74 Å². The number of aliphatic hydroxyl groups is 1. The van der Waals surface area contributed by atoms with Crippen LogP contribution in [-0.4, -0.2) is 53.8 Å². The summed E-state index contributed by atoms with van der Waals surface area (Å²) in [6, 6.07) is 1.63. The van der Waals surface area contributed by atoms with Gasteiger partial charge < -0.3 is 14.7 Å². The zero-order chi connectivity index (χ0) is 13.5. The van der Waals surface area contributed by atoms with Crippen LogP contribution in [0.15, 0.2) is 18.5 Å². The molecule has 2 aliphatic rings. The Bertz CT molecular complexity index is 510. The van der Waals surface area contributed by atoms with E-state index < -0.39 is 0 Å². The molecule has 2 atom stereocenters. The quantitative estimate of drug-likeness (QED) is 0.872. The van der Waals surface area contributed by atoms with E-state index in [0.29, 0.717) is 36.9 Å². The van der Waals surface area contributed by atoms with E-state index in [1.165, 1.54) is 6.20 Å². The van der Waals surface area contributed by atoms with Crippen molar-refractivity contribution in [3.8, 4) is 0 Å². The molecule has 1 aromatic rings. The number of carbonyl (C=O) groups excluding carboxylic acids is 1. The van der Waals surface area contributed by atoms with Crippen LogP contribution in [0.2, 0.25) is 5.02 Å². The van der Waals surface area contributed by atoms with E-state index >= 15 is 0 Å². The molecule has 2 fully saturated rings. The van der Waals surface area contributed by atoms with Crippen LogP contribution in [0.4, 0.5) is 0 Å². The zero-order valence-electron chi connectivity index (χ0n) is 10.4. The lowest BCUT2D eigenvalue weighted by atomic mass is 9.82. The highest BCUT2D eigenvalue weighted by Crippen LogP contribution is 2.41. The average molecular weight is 283 g/mol. The number of hydrogen-bond donors (Lipinski definition) is 1. The Kier molecular flexibility index (Phi) is 3.20. The maximum Gasteiger partial charge on any atom is 0.255 e. The third kappa shape index (κ3) is 2.02. The van der Waals surface area contributed by atoms with E-state index in [4.69, 9.17) is 16.3 Å². The van der Waals surface area contributed by atoms with Gasteiger partial charge in [0.1, 0.15) is 0 Å². The maximum atomic E-state index is 12.4. The van der Waals surface area contributed by atoms with Gasteiger partial charge >= 0.3 is 0 Å². The van der Waals surface area contributed by atoms with Crippen molar-refractivity contribution in [1.82, 2.24) is 9.88 Å². The smallest absolute Gasteiger partial charge is 0.255 e. The molecule has 0 aliphatic carbocycles. The standard InChI is InChI=1S/C13H15ClN2O3/c14-11-3-15-2-1-10(11)12(18)16-4-9-5-19-8-13(9,6-16)7-17/h1-3,9,17H,4-8H2/t9-,13-/m0/s1. The molecule has 1 aromatic heterocycles. The molecule has 3 rings (SSSR count). The van der Waals surface area contributed by atoms with Crippen molar-refractivity contribution in [1.29, 1.82) is 0 Å². The molecule has 1 N–H and O–H groups in total. The fourth-order valence-electron chi connectivity index (χ4n) is 2.93. The predicted molar refractivity (Wildman–Crippen MR) is 69.0 cm³/mol. The van der Waals surface area contributed by atoms with Gasteiger partial charge in [0.05, 0.1) is 30.4 Å². The van der Waals surface area contributed by atoms with Gasteiger partial charge in [-0.25, -0.2) is 0 Å². The van der Waals surface area contributed by atoms with Crippen LogP contribution in [0.3, 0.4) is 0 Å². The summed E-state index contributed by atoms with van der Waals surface area (Å²) in [5.74, 6) is 0.108. The molecule has 6 heteroatoms. The topological polar surface area (TPSA) is 62.7 Å². The highest BCUT2D eigenvalue weighted by atomic mass is 35.5. The highest BCUT2D eigenvalue weighted by molar-refractivity contribution is 6.33. The molecule has 0 radical (unpaired) electrons. The number of ether oxygens (including phenoxy) is 1. The van der Waals surface area contributed by atoms with Gasteiger partial charge in [-0.3, -0.25) is 9.78 Å². The lowest BCUT2D eigenvalue weighted by Crippen LogP contribution is -2.36. The van der Waals surface area contributed by atoms with E-state index in [0.717, 1.165) is 0 Å². The van der Waals surface area contributed by atoms with Crippen molar-refractivity contribution in [3.63, 3.8) is 0 Å². The minimum absolute atomic E-state index is 0.0471. The highest BCUT2D eigenvalue weighted by Gasteiger charge is 2.51. The molecule has 19 heavy (non-hydrogen) atoms. The SMILES string of the molecule is O=C(c1ccncc1Cl)N1C[C@H]2COC[C@@]2(CO)C1. The number of halogens is 1. The zero-order valence-corrected chi connectivity index (χ0v) is 11.1. The fraction of sp³-hybridized carbons (Fsp3) is 0.538. The number of aliphatic hydroxyl groups excluding tert-OH is 1. The van der Waals surface area contributed by atoms with Gasteiger partial charge in [-0.05, 0) is 6.07 Å². The lowest BCUT2D eigenvalue weighted by molar-refractivity contribution is 0.0631. The molecular weight excluding hydrogens is 268 g/mol. The first-order chi connectivity index (χ1) is 9.16. The number of pyridine rings is 1. The van der Waals surface area contributed by atoms with Crippen LogP contribution in [0, 0.1) is 11.3 Å². The number of rotatable bonds is 2. The van der Waals surface area contributed by atoms with Crippen molar-refractivity contribution in [2.75, 3.05) is 32.9 Å². The minimum atomic E-state index is -0.296. The van der Waals surface area contributed by atoms with Gasteiger partial charge in [0.25, 0.3) is 5.91 Å². The summed E-state index contributed by atoms with van der Waals surface area (Å²) in [7, 11) is 0. The Morgan fingerprint density at radius 2 is 2.53 bits per heavy atom. The van der Waals surface area contributed by atoms with E-state index in [-0.39, 0.29) is 23.8 Å². The Morgan fingerprint density at radius 1 is 1.68 bits per heavy atom. The maximum absolute atomic E-state index is 12.4. The number of amides is 1. The molecule has 102 valence electrons. The van der Waals surface area contributed by atoms with E-state index in [1.54, 1.807) is 17.2 Å². The molecular formula is C13H15ClN2O3. The summed E-state index contributed by atoms with van der Waals surface area (Å²) in [5, 5.41) is 9.96. The number of likely N-dealkylation sites (tertiary alicyclic amines) is 1. The second-order valence-electron chi connectivity index (χ2n) is 5.27. The molecule has 2 saturated heterocycles. The number of hydrogen-bond acceptors (Lipinski definition) is 4. The first kappa shape index (κ1) is 12.8. The molecule has 0 unspecified atom stereocenters. The van der Waals surface area contributed by atoms with E-state index in [1.807, 2.05) is 0 Å². The molecule has 0 bridgehead atoms. The second-order valence-corrected chi connectivity index (χ2v) is 5.68. The van der Waals surface area contributed by atoms with Crippen LogP contribution in [0.1, 0.15) is 10.4 Å². The normalized spacial score (nSPS) is 29.6. The Hall–Kier alpha value is -1.17. The molecule has 3 heterocycles. The second kappa shape index (κ2) is 4.74. The molecule has 0 spiro atoms. The summed E-state index contributed by atoms with van der Waals surface area (Å²) in [4.78, 5) is 18.1. The summed E-state index contributed by atoms with van der Waals surface area (Å²) in [5.41, 5.74) is 0.167. The van der Waals surface area contributed by atoms with Crippen molar-refractivity contribution in [2.24, 2.45) is 11.3 Å². The van der Waals surface area contributed by atoms with Gasteiger partial charge in [0.2, 0.25) is 0 Å². The van der Waals surface area contributed by atoms with Crippen LogP contribution < -0.4 is 0 Å². The van der Waals surface area contributed by atoms with Gasteiger partial charge in [-0.15, -0.1) is 0 Å². The van der Waals surface area contributed by atoms with E-state index in [9.17, 15) is 9.90 Å². The summed E-state index contributed by atoms with van der Waals surface area (Å²) in [6.07, 6.45) is 3.03. The van der Waals surface area contributed by atoms with Gasteiger partial charge in [0.15, 0.2) is 0 Å². The van der Waals surface area contributed by atoms with Gasteiger partial charge in [0, 0.05) is 36.8 Å². The van der Waals surface area contributed by atoms with Crippen molar-refractivity contribution < 1.29 is 14.6 Å². The average Bonchev–Trinajstić information content (AvgIpc) is 2.95. The Labute approximate surface area is 116 Å². The van der Waals surface area contributed by atoms with Crippen LogP contribution in [0.5, 0.6) is 0 Å². The summed E-state index contributed by atoms with van der Waals surface area (Å²) >= 11 is 6.00. The number of aromatic nitrogens is 1. The van der Waals surface area contributed by atoms with E-state index in [2.05, 4.69) is 4.98 Å². The van der Waals surface area contributed by atoms with Crippen LogP contribution in [0.25, 0.3) is 0 Å². The predicted octanol–water partition coefficient (Wildman–Crippen LogP) is 0.816. The molecule has 0 saturated carbocycles. The number of fused-ring (bicyclic) bond motifs is 1.